The molecule has 0 aliphatic heterocycles. The number of hydrogen-bond donors (Lipinski definition) is 1. The van der Waals surface area contributed by atoms with Gasteiger partial charge in [0.15, 0.2) is 0 Å². The summed E-state index contributed by atoms with van der Waals surface area (Å²) in [4.78, 5) is 2.26. The molecule has 2 heteroatoms. The van der Waals surface area contributed by atoms with Gasteiger partial charge in [0.05, 0.1) is 0 Å². The normalized spacial score (nSPS) is 12.6. The van der Waals surface area contributed by atoms with E-state index in [-0.39, 0.29) is 0 Å². The van der Waals surface area contributed by atoms with Crippen molar-refractivity contribution in [2.24, 2.45) is 0 Å². The molecule has 0 spiro atoms. The number of rotatable bonds is 6. The van der Waals surface area contributed by atoms with Gasteiger partial charge >= 0.3 is 0 Å². The van der Waals surface area contributed by atoms with Crippen molar-refractivity contribution in [2.45, 2.75) is 13.0 Å². The number of likely N-dealkylation sites (N-methyl/N-ethyl adjacent to an activating group) is 2. The largest absolute Gasteiger partial charge is 0.315 e. The second-order valence-corrected chi connectivity index (χ2v) is 5.28. The Morgan fingerprint density at radius 1 is 0.900 bits per heavy atom. The molecule has 0 saturated carbocycles. The maximum atomic E-state index is 3.43. The summed E-state index contributed by atoms with van der Waals surface area (Å²) in [5, 5.41) is 3.43. The zero-order valence-corrected chi connectivity index (χ0v) is 12.6. The van der Waals surface area contributed by atoms with Crippen molar-refractivity contribution in [1.29, 1.82) is 0 Å². The van der Waals surface area contributed by atoms with Crippen molar-refractivity contribution in [3.05, 3.63) is 60.2 Å². The first kappa shape index (κ1) is 14.8. The highest BCUT2D eigenvalue weighted by molar-refractivity contribution is 5.63. The minimum Gasteiger partial charge on any atom is -0.315 e. The smallest absolute Gasteiger partial charge is 0.0466 e. The van der Waals surface area contributed by atoms with Crippen LogP contribution in [0.5, 0.6) is 0 Å². The molecular formula is C18H24N2. The molecule has 2 aromatic carbocycles. The molecule has 0 aromatic heterocycles. The fourth-order valence-electron chi connectivity index (χ4n) is 2.41. The van der Waals surface area contributed by atoms with Crippen molar-refractivity contribution >= 4 is 0 Å². The average Bonchev–Trinajstić information content (AvgIpc) is 2.49. The molecule has 0 aliphatic carbocycles. The second kappa shape index (κ2) is 7.22. The van der Waals surface area contributed by atoms with E-state index in [4.69, 9.17) is 0 Å². The van der Waals surface area contributed by atoms with Crippen LogP contribution in [0, 0.1) is 0 Å². The Kier molecular flexibility index (Phi) is 5.33. The minimum absolute atomic E-state index is 0.416. The van der Waals surface area contributed by atoms with Gasteiger partial charge in [-0.15, -0.1) is 0 Å². The molecule has 0 saturated heterocycles. The third kappa shape index (κ3) is 3.69. The van der Waals surface area contributed by atoms with Gasteiger partial charge < -0.3 is 10.2 Å². The molecule has 106 valence electrons. The molecule has 1 unspecified atom stereocenters. The zero-order valence-electron chi connectivity index (χ0n) is 12.6. The first-order chi connectivity index (χ1) is 9.72. The summed E-state index contributed by atoms with van der Waals surface area (Å²) in [6, 6.07) is 19.8. The molecule has 2 rings (SSSR count). The van der Waals surface area contributed by atoms with Gasteiger partial charge in [-0.2, -0.15) is 0 Å². The summed E-state index contributed by atoms with van der Waals surface area (Å²) in [7, 11) is 4.26. The van der Waals surface area contributed by atoms with E-state index in [2.05, 4.69) is 85.8 Å². The van der Waals surface area contributed by atoms with Gasteiger partial charge in [0.1, 0.15) is 0 Å². The summed E-state index contributed by atoms with van der Waals surface area (Å²) in [6.07, 6.45) is 0. The fraction of sp³-hybridized carbons (Fsp3) is 0.333. The first-order valence-electron chi connectivity index (χ1n) is 7.25. The molecule has 20 heavy (non-hydrogen) atoms. The quantitative estimate of drug-likeness (QED) is 0.861. The van der Waals surface area contributed by atoms with E-state index in [1.165, 1.54) is 16.7 Å². The lowest BCUT2D eigenvalue weighted by Gasteiger charge is -2.25. The lowest BCUT2D eigenvalue weighted by atomic mass is 10.0. The minimum atomic E-state index is 0.416. The number of hydrogen-bond acceptors (Lipinski definition) is 2. The highest BCUT2D eigenvalue weighted by Gasteiger charge is 2.13. The molecule has 0 aliphatic rings. The highest BCUT2D eigenvalue weighted by Crippen LogP contribution is 2.23. The molecule has 0 bridgehead atoms. The Morgan fingerprint density at radius 3 is 2.05 bits per heavy atom. The second-order valence-electron chi connectivity index (χ2n) is 5.28. The standard InChI is InChI=1S/C18H24N2/c1-4-19-14-18(20(2)3)17-12-10-16(11-13-17)15-8-6-5-7-9-15/h5-13,18-19H,4,14H2,1-3H3. The van der Waals surface area contributed by atoms with Crippen molar-refractivity contribution in [3.8, 4) is 11.1 Å². The Hall–Kier alpha value is -1.64. The predicted molar refractivity (Wildman–Crippen MR) is 86.8 cm³/mol. The monoisotopic (exact) mass is 268 g/mol. The van der Waals surface area contributed by atoms with Crippen LogP contribution < -0.4 is 5.32 Å². The highest BCUT2D eigenvalue weighted by atomic mass is 15.1. The molecule has 2 aromatic rings. The number of nitrogens with one attached hydrogen (secondary N) is 1. The van der Waals surface area contributed by atoms with E-state index < -0.39 is 0 Å². The van der Waals surface area contributed by atoms with Crippen molar-refractivity contribution in [1.82, 2.24) is 10.2 Å². The van der Waals surface area contributed by atoms with Crippen LogP contribution in [0.2, 0.25) is 0 Å². The van der Waals surface area contributed by atoms with E-state index >= 15 is 0 Å². The van der Waals surface area contributed by atoms with E-state index in [0.29, 0.717) is 6.04 Å². The Balaban J connectivity index is 2.18. The molecule has 1 atom stereocenters. The molecule has 2 nitrogen and oxygen atoms in total. The number of benzene rings is 2. The maximum absolute atomic E-state index is 3.43. The third-order valence-electron chi connectivity index (χ3n) is 3.61. The third-order valence-corrected chi connectivity index (χ3v) is 3.61. The molecule has 0 heterocycles. The van der Waals surface area contributed by atoms with Gasteiger partial charge in [-0.1, -0.05) is 61.5 Å². The van der Waals surface area contributed by atoms with E-state index in [0.717, 1.165) is 13.1 Å². The van der Waals surface area contributed by atoms with Crippen molar-refractivity contribution in [3.63, 3.8) is 0 Å². The van der Waals surface area contributed by atoms with Gasteiger partial charge in [-0.3, -0.25) is 0 Å². The van der Waals surface area contributed by atoms with Crippen LogP contribution in [0.3, 0.4) is 0 Å². The van der Waals surface area contributed by atoms with Crippen LogP contribution in [0.4, 0.5) is 0 Å². The molecule has 0 amide bonds. The van der Waals surface area contributed by atoms with Gasteiger partial charge in [-0.25, -0.2) is 0 Å². The Bertz CT molecular complexity index is 503. The van der Waals surface area contributed by atoms with Gasteiger partial charge in [0, 0.05) is 12.6 Å². The van der Waals surface area contributed by atoms with E-state index in [1.54, 1.807) is 0 Å². The summed E-state index contributed by atoms with van der Waals surface area (Å²) < 4.78 is 0. The van der Waals surface area contributed by atoms with Crippen molar-refractivity contribution in [2.75, 3.05) is 27.2 Å². The topological polar surface area (TPSA) is 15.3 Å². The van der Waals surface area contributed by atoms with E-state index in [9.17, 15) is 0 Å². The van der Waals surface area contributed by atoms with Crippen LogP contribution in [0.15, 0.2) is 54.6 Å². The maximum Gasteiger partial charge on any atom is 0.0466 e. The van der Waals surface area contributed by atoms with Crippen molar-refractivity contribution < 1.29 is 0 Å². The summed E-state index contributed by atoms with van der Waals surface area (Å²) >= 11 is 0. The van der Waals surface area contributed by atoms with E-state index in [1.807, 2.05) is 0 Å². The number of nitrogens with zero attached hydrogens (tertiary/aromatic N) is 1. The van der Waals surface area contributed by atoms with Crippen LogP contribution in [-0.2, 0) is 0 Å². The first-order valence-corrected chi connectivity index (χ1v) is 7.25. The average molecular weight is 268 g/mol. The lowest BCUT2D eigenvalue weighted by molar-refractivity contribution is 0.290. The summed E-state index contributed by atoms with van der Waals surface area (Å²) in [5.41, 5.74) is 3.90. The van der Waals surface area contributed by atoms with Crippen LogP contribution >= 0.6 is 0 Å². The predicted octanol–water partition coefficient (Wildman–Crippen LogP) is 3.57. The van der Waals surface area contributed by atoms with Crippen LogP contribution in [0.25, 0.3) is 11.1 Å². The van der Waals surface area contributed by atoms with Gasteiger partial charge in [0.25, 0.3) is 0 Å². The van der Waals surface area contributed by atoms with Gasteiger partial charge in [-0.05, 0) is 37.3 Å². The molecule has 1 N–H and O–H groups in total. The Morgan fingerprint density at radius 2 is 1.50 bits per heavy atom. The molecule has 0 fully saturated rings. The summed E-state index contributed by atoms with van der Waals surface area (Å²) in [6.45, 7) is 4.13. The SMILES string of the molecule is CCNCC(c1ccc(-c2ccccc2)cc1)N(C)C. The fourth-order valence-corrected chi connectivity index (χ4v) is 2.41. The summed E-state index contributed by atoms with van der Waals surface area (Å²) in [5.74, 6) is 0. The van der Waals surface area contributed by atoms with Crippen LogP contribution in [0.1, 0.15) is 18.5 Å². The molecular weight excluding hydrogens is 244 g/mol. The van der Waals surface area contributed by atoms with Crippen LogP contribution in [-0.4, -0.2) is 32.1 Å². The zero-order chi connectivity index (χ0) is 14.4. The van der Waals surface area contributed by atoms with Gasteiger partial charge in [0.2, 0.25) is 0 Å². The lowest BCUT2D eigenvalue weighted by Crippen LogP contribution is -2.30. The Labute approximate surface area is 122 Å². The molecule has 0 radical (unpaired) electrons.